The number of amides is 1. The fourth-order valence-electron chi connectivity index (χ4n) is 3.00. The van der Waals surface area contributed by atoms with Gasteiger partial charge in [0.2, 0.25) is 0 Å². The summed E-state index contributed by atoms with van der Waals surface area (Å²) in [6, 6.07) is 10.0. The number of thiazole rings is 1. The summed E-state index contributed by atoms with van der Waals surface area (Å²) in [4.78, 5) is 22.3. The molecule has 0 radical (unpaired) electrons. The van der Waals surface area contributed by atoms with Crippen molar-refractivity contribution in [3.8, 4) is 9.88 Å². The number of sulfonamides is 1. The second-order valence-corrected chi connectivity index (χ2v) is 10.2. The summed E-state index contributed by atoms with van der Waals surface area (Å²) >= 11 is 2.95. The van der Waals surface area contributed by atoms with Gasteiger partial charge < -0.3 is 5.32 Å². The van der Waals surface area contributed by atoms with Crippen LogP contribution in [0, 0.1) is 0 Å². The Morgan fingerprint density at radius 2 is 1.97 bits per heavy atom. The van der Waals surface area contributed by atoms with Crippen LogP contribution in [-0.2, 0) is 10.0 Å². The van der Waals surface area contributed by atoms with E-state index in [0.717, 1.165) is 29.1 Å². The molecule has 156 valence electrons. The topological polar surface area (TPSA) is 101 Å². The van der Waals surface area contributed by atoms with Gasteiger partial charge in [-0.2, -0.15) is 0 Å². The van der Waals surface area contributed by atoms with E-state index in [1.807, 2.05) is 17.5 Å². The highest BCUT2D eigenvalue weighted by Crippen LogP contribution is 2.28. The normalized spacial score (nSPS) is 14.6. The zero-order valence-electron chi connectivity index (χ0n) is 16.0. The first-order valence-corrected chi connectivity index (χ1v) is 12.7. The number of rotatable bonds is 5. The maximum atomic E-state index is 12.7. The highest BCUT2D eigenvalue weighted by Gasteiger charge is 2.19. The Kier molecular flexibility index (Phi) is 6.26. The van der Waals surface area contributed by atoms with Gasteiger partial charge >= 0.3 is 0 Å². The third-order valence-electron chi connectivity index (χ3n) is 4.50. The van der Waals surface area contributed by atoms with Gasteiger partial charge in [0, 0.05) is 24.0 Å². The zero-order valence-corrected chi connectivity index (χ0v) is 18.4. The van der Waals surface area contributed by atoms with E-state index in [4.69, 9.17) is 0 Å². The number of carbonyl (C=O) groups excluding carboxylic acids is 1. The van der Waals surface area contributed by atoms with Gasteiger partial charge in [-0.25, -0.2) is 13.4 Å². The van der Waals surface area contributed by atoms with Crippen molar-refractivity contribution in [2.75, 3.05) is 11.9 Å². The summed E-state index contributed by atoms with van der Waals surface area (Å²) in [5.41, 5.74) is 0.680. The number of nitrogens with zero attached hydrogens (tertiary/aromatic N) is 2. The van der Waals surface area contributed by atoms with Crippen LogP contribution in [0.3, 0.4) is 0 Å². The Morgan fingerprint density at radius 1 is 1.07 bits per heavy atom. The van der Waals surface area contributed by atoms with Crippen molar-refractivity contribution in [1.29, 1.82) is 0 Å². The smallest absolute Gasteiger partial charge is 0.275 e. The summed E-state index contributed by atoms with van der Waals surface area (Å²) in [6.07, 6.45) is 3.54. The van der Waals surface area contributed by atoms with Crippen LogP contribution in [0.25, 0.3) is 9.88 Å². The van der Waals surface area contributed by atoms with Gasteiger partial charge in [0.05, 0.1) is 9.77 Å². The number of thiophene rings is 1. The van der Waals surface area contributed by atoms with Crippen LogP contribution >= 0.6 is 22.7 Å². The molecular formula is C20H20N4O3S3. The molecule has 7 nitrogen and oxygen atoms in total. The molecular weight excluding hydrogens is 440 g/mol. The molecule has 2 aromatic heterocycles. The minimum atomic E-state index is -3.77. The lowest BCUT2D eigenvalue weighted by Crippen LogP contribution is -2.30. The molecule has 0 spiro atoms. The van der Waals surface area contributed by atoms with Crippen LogP contribution in [0.1, 0.15) is 36.2 Å². The minimum Gasteiger partial charge on any atom is -0.321 e. The lowest BCUT2D eigenvalue weighted by atomic mass is 10.2. The van der Waals surface area contributed by atoms with Gasteiger partial charge in [-0.05, 0) is 42.5 Å². The maximum Gasteiger partial charge on any atom is 0.275 e. The summed E-state index contributed by atoms with van der Waals surface area (Å²) in [7, 11) is -3.77. The van der Waals surface area contributed by atoms with Gasteiger partial charge in [0.25, 0.3) is 15.9 Å². The van der Waals surface area contributed by atoms with Crippen molar-refractivity contribution in [2.45, 2.75) is 30.6 Å². The van der Waals surface area contributed by atoms with E-state index in [-0.39, 0.29) is 10.8 Å². The first-order chi connectivity index (χ1) is 14.5. The van der Waals surface area contributed by atoms with Gasteiger partial charge in [-0.3, -0.25) is 14.5 Å². The first kappa shape index (κ1) is 20.7. The standard InChI is InChI=1S/C20H20N4O3S3/c25-19(16-13-29-20(23-16)17-8-5-11-28-17)22-14-6-4-7-15(12-14)30(26,27)24-18-9-2-1-3-10-21-18/h4-8,11-13H,1-3,9-10H2,(H,21,24)(H,22,25). The van der Waals surface area contributed by atoms with E-state index in [1.54, 1.807) is 28.8 Å². The highest BCUT2D eigenvalue weighted by molar-refractivity contribution is 7.90. The number of nitrogens with one attached hydrogen (secondary N) is 2. The van der Waals surface area contributed by atoms with E-state index < -0.39 is 10.0 Å². The summed E-state index contributed by atoms with van der Waals surface area (Å²) in [5, 5.41) is 7.15. The molecule has 3 heterocycles. The van der Waals surface area contributed by atoms with Crippen LogP contribution in [0.5, 0.6) is 0 Å². The van der Waals surface area contributed by atoms with E-state index in [2.05, 4.69) is 20.0 Å². The molecule has 10 heteroatoms. The van der Waals surface area contributed by atoms with E-state index in [0.29, 0.717) is 30.2 Å². The Balaban J connectivity index is 1.48. The predicted octanol–water partition coefficient (Wildman–Crippen LogP) is 4.37. The molecule has 0 saturated carbocycles. The Labute approximate surface area is 183 Å². The molecule has 0 atom stereocenters. The first-order valence-electron chi connectivity index (χ1n) is 9.48. The van der Waals surface area contributed by atoms with Crippen LogP contribution in [0.2, 0.25) is 0 Å². The molecule has 2 N–H and O–H groups in total. The van der Waals surface area contributed by atoms with Crippen LogP contribution < -0.4 is 10.0 Å². The molecule has 1 amide bonds. The highest BCUT2D eigenvalue weighted by atomic mass is 32.2. The Morgan fingerprint density at radius 3 is 2.80 bits per heavy atom. The number of hydrogen-bond donors (Lipinski definition) is 2. The van der Waals surface area contributed by atoms with E-state index >= 15 is 0 Å². The zero-order chi connectivity index (χ0) is 21.0. The molecule has 0 saturated heterocycles. The average molecular weight is 461 g/mol. The maximum absolute atomic E-state index is 12.7. The number of carbonyl (C=O) groups is 1. The fourth-order valence-corrected chi connectivity index (χ4v) is 5.75. The molecule has 0 bridgehead atoms. The van der Waals surface area contributed by atoms with Crippen molar-refractivity contribution in [1.82, 2.24) is 9.71 Å². The third kappa shape index (κ3) is 4.94. The second kappa shape index (κ2) is 9.07. The summed E-state index contributed by atoms with van der Waals surface area (Å²) < 4.78 is 28.1. The van der Waals surface area contributed by atoms with Crippen molar-refractivity contribution >= 4 is 50.1 Å². The van der Waals surface area contributed by atoms with E-state index in [1.165, 1.54) is 23.5 Å². The molecule has 30 heavy (non-hydrogen) atoms. The van der Waals surface area contributed by atoms with Gasteiger partial charge in [-0.15, -0.1) is 22.7 Å². The van der Waals surface area contributed by atoms with Crippen LogP contribution in [-0.4, -0.2) is 31.7 Å². The lowest BCUT2D eigenvalue weighted by Gasteiger charge is -2.11. The van der Waals surface area contributed by atoms with Crippen molar-refractivity contribution < 1.29 is 13.2 Å². The molecule has 1 aliphatic rings. The number of amidine groups is 1. The fraction of sp³-hybridized carbons (Fsp3) is 0.250. The number of aromatic nitrogens is 1. The minimum absolute atomic E-state index is 0.0739. The van der Waals surface area contributed by atoms with Crippen LogP contribution in [0.4, 0.5) is 5.69 Å². The van der Waals surface area contributed by atoms with Crippen molar-refractivity contribution in [3.63, 3.8) is 0 Å². The van der Waals surface area contributed by atoms with Crippen LogP contribution in [0.15, 0.2) is 57.0 Å². The van der Waals surface area contributed by atoms with Gasteiger partial charge in [0.15, 0.2) is 0 Å². The number of hydrogen-bond acceptors (Lipinski definition) is 7. The molecule has 3 aromatic rings. The number of aliphatic imine (C=N–C) groups is 1. The van der Waals surface area contributed by atoms with Crippen molar-refractivity contribution in [2.24, 2.45) is 4.99 Å². The monoisotopic (exact) mass is 460 g/mol. The lowest BCUT2D eigenvalue weighted by molar-refractivity contribution is 0.102. The summed E-state index contributed by atoms with van der Waals surface area (Å²) in [5.74, 6) is 0.107. The average Bonchev–Trinajstić information content (AvgIpc) is 3.37. The predicted molar refractivity (Wildman–Crippen MR) is 121 cm³/mol. The van der Waals surface area contributed by atoms with E-state index in [9.17, 15) is 13.2 Å². The van der Waals surface area contributed by atoms with Gasteiger partial charge in [0.1, 0.15) is 16.5 Å². The number of benzene rings is 1. The Bertz CT molecular complexity index is 1170. The molecule has 0 aliphatic carbocycles. The third-order valence-corrected chi connectivity index (χ3v) is 7.76. The second-order valence-electron chi connectivity index (χ2n) is 6.74. The molecule has 0 fully saturated rings. The Hall–Kier alpha value is -2.56. The molecule has 0 unspecified atom stereocenters. The molecule has 1 aromatic carbocycles. The summed E-state index contributed by atoms with van der Waals surface area (Å²) in [6.45, 7) is 0.634. The SMILES string of the molecule is O=C(Nc1cccc(S(=O)(=O)NC2=NCCCCC2)c1)c1csc(-c2cccs2)n1. The van der Waals surface area contributed by atoms with Gasteiger partial charge in [-0.1, -0.05) is 18.6 Å². The van der Waals surface area contributed by atoms with Crippen molar-refractivity contribution in [3.05, 3.63) is 52.9 Å². The molecule has 1 aliphatic heterocycles. The quantitative estimate of drug-likeness (QED) is 0.590. The largest absolute Gasteiger partial charge is 0.321 e. The molecule has 4 rings (SSSR count). The number of anilines is 1.